The average Bonchev–Trinajstić information content (AvgIpc) is 3.33. The van der Waals surface area contributed by atoms with Crippen LogP contribution >= 0.6 is 24.0 Å². The predicted molar refractivity (Wildman–Crippen MR) is 134 cm³/mol. The van der Waals surface area contributed by atoms with E-state index in [1.807, 2.05) is 17.0 Å². The van der Waals surface area contributed by atoms with Crippen LogP contribution in [0.1, 0.15) is 45.1 Å². The number of hydrogen-bond donors (Lipinski definition) is 3. The van der Waals surface area contributed by atoms with E-state index in [4.69, 9.17) is 0 Å². The number of aromatic amines is 1. The molecular weight excluding hydrogens is 505 g/mol. The number of halogens is 1. The number of amides is 1. The smallest absolute Gasteiger partial charge is 0.225 e. The normalized spacial score (nSPS) is 15.0. The summed E-state index contributed by atoms with van der Waals surface area (Å²) in [6, 6.07) is 8.50. The third-order valence-corrected chi connectivity index (χ3v) is 5.78. The zero-order valence-electron chi connectivity index (χ0n) is 18.6. The van der Waals surface area contributed by atoms with E-state index in [0.29, 0.717) is 18.5 Å². The highest BCUT2D eigenvalue weighted by Gasteiger charge is 2.26. The number of aliphatic imine (C=N–C) groups is 1. The minimum Gasteiger partial charge on any atom is -0.354 e. The van der Waals surface area contributed by atoms with Crippen molar-refractivity contribution < 1.29 is 4.79 Å². The Morgan fingerprint density at radius 2 is 2.03 bits per heavy atom. The topological polar surface area (TPSA) is 98.3 Å². The highest BCUT2D eigenvalue weighted by atomic mass is 127. The summed E-state index contributed by atoms with van der Waals surface area (Å²) in [5.41, 5.74) is 2.14. The van der Waals surface area contributed by atoms with Gasteiger partial charge >= 0.3 is 0 Å². The number of nitrogens with one attached hydrogen (secondary N) is 3. The van der Waals surface area contributed by atoms with Crippen LogP contribution in [0.2, 0.25) is 0 Å². The largest absolute Gasteiger partial charge is 0.354 e. The number of rotatable bonds is 7. The third kappa shape index (κ3) is 6.91. The molecule has 1 aromatic carbocycles. The van der Waals surface area contributed by atoms with Crippen molar-refractivity contribution in [1.82, 2.24) is 30.7 Å². The van der Waals surface area contributed by atoms with Crippen LogP contribution in [0.3, 0.4) is 0 Å². The first kappa shape index (κ1) is 25.1. The van der Waals surface area contributed by atoms with Gasteiger partial charge in [0.15, 0.2) is 11.8 Å². The molecule has 1 amide bonds. The maximum atomic E-state index is 12.6. The van der Waals surface area contributed by atoms with Crippen molar-refractivity contribution in [3.63, 3.8) is 0 Å². The number of likely N-dealkylation sites (tertiary alicyclic amines) is 1. The Morgan fingerprint density at radius 1 is 1.29 bits per heavy atom. The summed E-state index contributed by atoms with van der Waals surface area (Å²) in [6.07, 6.45) is 5.22. The summed E-state index contributed by atoms with van der Waals surface area (Å²) in [5, 5.41) is 13.7. The minimum atomic E-state index is 0. The second-order valence-corrected chi connectivity index (χ2v) is 7.72. The van der Waals surface area contributed by atoms with Gasteiger partial charge in [0, 0.05) is 44.2 Å². The SMILES string of the molecule is CCC(CC)C(=O)N1CCC(NC(=NC)NCc2cccc(-c3ncn[nH]3)c2)CC1.I. The summed E-state index contributed by atoms with van der Waals surface area (Å²) in [6.45, 7) is 6.47. The number of aromatic nitrogens is 3. The molecule has 2 heterocycles. The molecule has 0 radical (unpaired) electrons. The van der Waals surface area contributed by atoms with Gasteiger partial charge in [-0.25, -0.2) is 4.98 Å². The van der Waals surface area contributed by atoms with Crippen LogP contribution < -0.4 is 10.6 Å². The fourth-order valence-corrected chi connectivity index (χ4v) is 3.89. The van der Waals surface area contributed by atoms with Gasteiger partial charge < -0.3 is 15.5 Å². The monoisotopic (exact) mass is 539 g/mol. The molecule has 1 aliphatic rings. The predicted octanol–water partition coefficient (Wildman–Crippen LogP) is 3.18. The molecule has 0 saturated carbocycles. The second kappa shape index (κ2) is 12.6. The van der Waals surface area contributed by atoms with Crippen molar-refractivity contribution in [2.75, 3.05) is 20.1 Å². The lowest BCUT2D eigenvalue weighted by atomic mass is 9.98. The summed E-state index contributed by atoms with van der Waals surface area (Å²) >= 11 is 0. The number of nitrogens with zero attached hydrogens (tertiary/aromatic N) is 4. The molecule has 0 aliphatic carbocycles. The zero-order chi connectivity index (χ0) is 21.3. The highest BCUT2D eigenvalue weighted by molar-refractivity contribution is 14.0. The van der Waals surface area contributed by atoms with Crippen LogP contribution in [-0.4, -0.2) is 58.1 Å². The number of carbonyl (C=O) groups is 1. The third-order valence-electron chi connectivity index (χ3n) is 5.78. The molecule has 2 aromatic rings. The molecule has 3 rings (SSSR count). The first-order valence-corrected chi connectivity index (χ1v) is 10.8. The van der Waals surface area contributed by atoms with Crippen molar-refractivity contribution in [1.29, 1.82) is 0 Å². The number of carbonyl (C=O) groups excluding carboxylic acids is 1. The summed E-state index contributed by atoms with van der Waals surface area (Å²) in [7, 11) is 1.78. The summed E-state index contributed by atoms with van der Waals surface area (Å²) in [5.74, 6) is 2.02. The molecule has 9 heteroatoms. The van der Waals surface area contributed by atoms with Gasteiger partial charge in [0.25, 0.3) is 0 Å². The molecule has 0 spiro atoms. The van der Waals surface area contributed by atoms with Gasteiger partial charge in [-0.15, -0.1) is 24.0 Å². The summed E-state index contributed by atoms with van der Waals surface area (Å²) in [4.78, 5) is 23.2. The number of guanidine groups is 1. The van der Waals surface area contributed by atoms with Crippen LogP contribution in [0.15, 0.2) is 35.6 Å². The number of benzene rings is 1. The van der Waals surface area contributed by atoms with Gasteiger partial charge in [-0.3, -0.25) is 14.9 Å². The summed E-state index contributed by atoms with van der Waals surface area (Å²) < 4.78 is 0. The van der Waals surface area contributed by atoms with Crippen LogP contribution in [0.4, 0.5) is 0 Å². The molecule has 31 heavy (non-hydrogen) atoms. The fourth-order valence-electron chi connectivity index (χ4n) is 3.89. The Kier molecular flexibility index (Phi) is 10.2. The van der Waals surface area contributed by atoms with Gasteiger partial charge in [0.05, 0.1) is 0 Å². The van der Waals surface area contributed by atoms with Crippen molar-refractivity contribution in [3.8, 4) is 11.4 Å². The van der Waals surface area contributed by atoms with Crippen molar-refractivity contribution in [3.05, 3.63) is 36.2 Å². The maximum absolute atomic E-state index is 12.6. The quantitative estimate of drug-likeness (QED) is 0.285. The molecule has 0 bridgehead atoms. The Labute approximate surface area is 201 Å². The lowest BCUT2D eigenvalue weighted by Crippen LogP contribution is -2.50. The maximum Gasteiger partial charge on any atom is 0.225 e. The first-order chi connectivity index (χ1) is 14.6. The standard InChI is InChI=1S/C22H33N7O.HI/c1-4-17(5-2)21(30)29-11-9-19(10-12-29)27-22(23-3)24-14-16-7-6-8-18(13-16)20-25-15-26-28-20;/h6-8,13,15,17,19H,4-5,9-12,14H2,1-3H3,(H2,23,24,27)(H,25,26,28);1H. The number of hydrogen-bond acceptors (Lipinski definition) is 4. The molecule has 1 fully saturated rings. The number of H-pyrrole nitrogens is 1. The van der Waals surface area contributed by atoms with Gasteiger partial charge in [-0.1, -0.05) is 32.0 Å². The lowest BCUT2D eigenvalue weighted by molar-refractivity contribution is -0.136. The van der Waals surface area contributed by atoms with E-state index in [1.54, 1.807) is 7.05 Å². The van der Waals surface area contributed by atoms with Crippen LogP contribution in [-0.2, 0) is 11.3 Å². The van der Waals surface area contributed by atoms with E-state index < -0.39 is 0 Å². The molecule has 3 N–H and O–H groups in total. The van der Waals surface area contributed by atoms with Crippen molar-refractivity contribution in [2.45, 2.75) is 52.1 Å². The highest BCUT2D eigenvalue weighted by Crippen LogP contribution is 2.18. The molecule has 1 aromatic heterocycles. The van der Waals surface area contributed by atoms with E-state index in [9.17, 15) is 4.79 Å². The van der Waals surface area contributed by atoms with Crippen molar-refractivity contribution in [2.24, 2.45) is 10.9 Å². The molecule has 0 atom stereocenters. The zero-order valence-corrected chi connectivity index (χ0v) is 20.9. The minimum absolute atomic E-state index is 0. The Hall–Kier alpha value is -2.17. The van der Waals surface area contributed by atoms with E-state index >= 15 is 0 Å². The number of piperidine rings is 1. The van der Waals surface area contributed by atoms with E-state index in [2.05, 4.69) is 56.8 Å². The molecule has 0 unspecified atom stereocenters. The Balaban J connectivity index is 0.00000341. The van der Waals surface area contributed by atoms with Gasteiger partial charge in [0.1, 0.15) is 6.33 Å². The lowest BCUT2D eigenvalue weighted by Gasteiger charge is -2.34. The molecule has 1 saturated heterocycles. The van der Waals surface area contributed by atoms with Crippen molar-refractivity contribution >= 4 is 35.8 Å². The van der Waals surface area contributed by atoms with Crippen LogP contribution in [0.25, 0.3) is 11.4 Å². The Morgan fingerprint density at radius 3 is 2.65 bits per heavy atom. The molecule has 170 valence electrons. The van der Waals surface area contributed by atoms with Gasteiger partial charge in [0.2, 0.25) is 5.91 Å². The van der Waals surface area contributed by atoms with E-state index in [-0.39, 0.29) is 29.9 Å². The van der Waals surface area contributed by atoms with E-state index in [0.717, 1.165) is 61.7 Å². The van der Waals surface area contributed by atoms with Gasteiger partial charge in [-0.2, -0.15) is 5.10 Å². The Bertz CT molecular complexity index is 828. The first-order valence-electron chi connectivity index (χ1n) is 10.8. The molecule has 8 nitrogen and oxygen atoms in total. The van der Waals surface area contributed by atoms with Gasteiger partial charge in [-0.05, 0) is 37.3 Å². The average molecular weight is 539 g/mol. The second-order valence-electron chi connectivity index (χ2n) is 7.72. The molecular formula is C22H34IN7O. The fraction of sp³-hybridized carbons (Fsp3) is 0.545. The van der Waals surface area contributed by atoms with Crippen LogP contribution in [0, 0.1) is 5.92 Å². The van der Waals surface area contributed by atoms with Crippen LogP contribution in [0.5, 0.6) is 0 Å². The molecule has 1 aliphatic heterocycles. The van der Waals surface area contributed by atoms with E-state index in [1.165, 1.54) is 6.33 Å².